The first kappa shape index (κ1) is 24.4. The lowest BCUT2D eigenvalue weighted by Crippen LogP contribution is -2.48. The lowest BCUT2D eigenvalue weighted by atomic mass is 10.0. The number of guanidine groups is 1. The number of nitrogens with zero attached hydrogens (tertiary/aromatic N) is 3. The van der Waals surface area contributed by atoms with Crippen LogP contribution in [0.15, 0.2) is 35.3 Å². The third-order valence-electron chi connectivity index (χ3n) is 6.09. The van der Waals surface area contributed by atoms with Crippen molar-refractivity contribution in [3.63, 3.8) is 0 Å². The summed E-state index contributed by atoms with van der Waals surface area (Å²) in [5.41, 5.74) is 1.41. The van der Waals surface area contributed by atoms with Crippen LogP contribution in [-0.4, -0.2) is 68.1 Å². The molecule has 2 saturated heterocycles. The van der Waals surface area contributed by atoms with Crippen LogP contribution in [0.25, 0.3) is 0 Å². The van der Waals surface area contributed by atoms with Gasteiger partial charge >= 0.3 is 0 Å². The van der Waals surface area contributed by atoms with E-state index in [1.54, 1.807) is 0 Å². The van der Waals surface area contributed by atoms with Crippen molar-refractivity contribution in [2.45, 2.75) is 51.6 Å². The van der Waals surface area contributed by atoms with Crippen LogP contribution in [0.4, 0.5) is 0 Å². The van der Waals surface area contributed by atoms with Gasteiger partial charge in [-0.25, -0.2) is 0 Å². The molecule has 0 aliphatic carbocycles. The van der Waals surface area contributed by atoms with E-state index in [2.05, 4.69) is 62.7 Å². The molecule has 1 atom stereocenters. The smallest absolute Gasteiger partial charge is 0.191 e. The zero-order valence-corrected chi connectivity index (χ0v) is 20.6. The molecular weight excluding hydrogens is 473 g/mol. The standard InChI is InChI=1S/C23H39N5.HI/c1-20-8-6-14-27(18-20)15-7-13-25-23(24-2)26-22-11-16-28(17-12-22)19-21-9-4-3-5-10-21;/h3-5,9-10,20,22H,6-8,11-19H2,1-2H3,(H2,24,25,26);1H. The predicted molar refractivity (Wildman–Crippen MR) is 134 cm³/mol. The number of hydrogen-bond donors (Lipinski definition) is 2. The van der Waals surface area contributed by atoms with Crippen molar-refractivity contribution in [3.05, 3.63) is 35.9 Å². The highest BCUT2D eigenvalue weighted by molar-refractivity contribution is 14.0. The Bertz CT molecular complexity index is 586. The van der Waals surface area contributed by atoms with Crippen molar-refractivity contribution in [1.82, 2.24) is 20.4 Å². The van der Waals surface area contributed by atoms with Gasteiger partial charge in [0.2, 0.25) is 0 Å². The largest absolute Gasteiger partial charge is 0.356 e. The summed E-state index contributed by atoms with van der Waals surface area (Å²) >= 11 is 0. The number of halogens is 1. The molecule has 164 valence electrons. The van der Waals surface area contributed by atoms with Crippen LogP contribution < -0.4 is 10.6 Å². The van der Waals surface area contributed by atoms with Crippen LogP contribution in [0.3, 0.4) is 0 Å². The van der Waals surface area contributed by atoms with Gasteiger partial charge in [-0.1, -0.05) is 37.3 Å². The van der Waals surface area contributed by atoms with Gasteiger partial charge in [0, 0.05) is 45.8 Å². The fourth-order valence-electron chi connectivity index (χ4n) is 4.46. The highest BCUT2D eigenvalue weighted by Crippen LogP contribution is 2.15. The second-order valence-electron chi connectivity index (χ2n) is 8.58. The molecule has 1 unspecified atom stereocenters. The minimum absolute atomic E-state index is 0. The van der Waals surface area contributed by atoms with E-state index >= 15 is 0 Å². The molecule has 1 aromatic rings. The van der Waals surface area contributed by atoms with E-state index in [0.29, 0.717) is 6.04 Å². The molecule has 0 radical (unpaired) electrons. The summed E-state index contributed by atoms with van der Waals surface area (Å²) in [6.07, 6.45) is 6.30. The lowest BCUT2D eigenvalue weighted by molar-refractivity contribution is 0.182. The molecule has 0 aromatic heterocycles. The first-order chi connectivity index (χ1) is 13.7. The maximum absolute atomic E-state index is 4.43. The van der Waals surface area contributed by atoms with Gasteiger partial charge < -0.3 is 15.5 Å². The summed E-state index contributed by atoms with van der Waals surface area (Å²) in [5.74, 6) is 1.83. The van der Waals surface area contributed by atoms with Gasteiger partial charge in [0.1, 0.15) is 0 Å². The third kappa shape index (κ3) is 8.80. The number of piperidine rings is 2. The Balaban J connectivity index is 0.00000300. The van der Waals surface area contributed by atoms with Crippen molar-refractivity contribution >= 4 is 29.9 Å². The Labute approximate surface area is 194 Å². The Hall–Kier alpha value is -0.860. The normalized spacial score (nSPS) is 22.1. The zero-order chi connectivity index (χ0) is 19.6. The Morgan fingerprint density at radius 3 is 2.52 bits per heavy atom. The summed E-state index contributed by atoms with van der Waals surface area (Å²) in [7, 11) is 1.88. The van der Waals surface area contributed by atoms with E-state index in [4.69, 9.17) is 0 Å². The summed E-state index contributed by atoms with van der Waals surface area (Å²) in [5, 5.41) is 7.15. The van der Waals surface area contributed by atoms with E-state index in [1.165, 1.54) is 57.3 Å². The molecule has 0 spiro atoms. The highest BCUT2D eigenvalue weighted by Gasteiger charge is 2.20. The Morgan fingerprint density at radius 2 is 1.83 bits per heavy atom. The quantitative estimate of drug-likeness (QED) is 0.253. The number of benzene rings is 1. The second-order valence-corrected chi connectivity index (χ2v) is 8.58. The molecule has 29 heavy (non-hydrogen) atoms. The van der Waals surface area contributed by atoms with Gasteiger partial charge in [-0.2, -0.15) is 0 Å². The van der Waals surface area contributed by atoms with Gasteiger partial charge in [-0.15, -0.1) is 24.0 Å². The van der Waals surface area contributed by atoms with E-state index < -0.39 is 0 Å². The molecule has 2 aliphatic heterocycles. The highest BCUT2D eigenvalue weighted by atomic mass is 127. The van der Waals surface area contributed by atoms with Crippen LogP contribution in [0.5, 0.6) is 0 Å². The molecule has 5 nitrogen and oxygen atoms in total. The molecular formula is C23H40IN5. The van der Waals surface area contributed by atoms with Gasteiger partial charge in [0.25, 0.3) is 0 Å². The SMILES string of the molecule is CN=C(NCCCN1CCCC(C)C1)NC1CCN(Cc2ccccc2)CC1.I. The summed E-state index contributed by atoms with van der Waals surface area (Å²) in [6.45, 7) is 10.5. The summed E-state index contributed by atoms with van der Waals surface area (Å²) in [4.78, 5) is 9.61. The molecule has 2 N–H and O–H groups in total. The van der Waals surface area contributed by atoms with Crippen molar-refractivity contribution < 1.29 is 0 Å². The zero-order valence-electron chi connectivity index (χ0n) is 18.3. The topological polar surface area (TPSA) is 42.9 Å². The minimum atomic E-state index is 0. The van der Waals surface area contributed by atoms with Crippen LogP contribution >= 0.6 is 24.0 Å². The fraction of sp³-hybridized carbons (Fsp3) is 0.696. The molecule has 6 heteroatoms. The molecule has 2 heterocycles. The van der Waals surface area contributed by atoms with E-state index in [9.17, 15) is 0 Å². The number of rotatable bonds is 7. The number of aliphatic imine (C=N–C) groups is 1. The fourth-order valence-corrected chi connectivity index (χ4v) is 4.46. The van der Waals surface area contributed by atoms with Gasteiger partial charge in [-0.05, 0) is 56.7 Å². The number of nitrogens with one attached hydrogen (secondary N) is 2. The van der Waals surface area contributed by atoms with Crippen LogP contribution in [0, 0.1) is 5.92 Å². The second kappa shape index (κ2) is 13.4. The van der Waals surface area contributed by atoms with Crippen molar-refractivity contribution in [2.24, 2.45) is 10.9 Å². The predicted octanol–water partition coefficient (Wildman–Crippen LogP) is 3.56. The summed E-state index contributed by atoms with van der Waals surface area (Å²) in [6, 6.07) is 11.3. The Morgan fingerprint density at radius 1 is 1.07 bits per heavy atom. The molecule has 0 amide bonds. The van der Waals surface area contributed by atoms with Crippen molar-refractivity contribution in [3.8, 4) is 0 Å². The third-order valence-corrected chi connectivity index (χ3v) is 6.09. The van der Waals surface area contributed by atoms with E-state index in [-0.39, 0.29) is 24.0 Å². The first-order valence-electron chi connectivity index (χ1n) is 11.2. The van der Waals surface area contributed by atoms with Crippen LogP contribution in [-0.2, 0) is 6.54 Å². The van der Waals surface area contributed by atoms with Gasteiger partial charge in [-0.3, -0.25) is 9.89 Å². The molecule has 0 bridgehead atoms. The number of hydrogen-bond acceptors (Lipinski definition) is 3. The molecule has 0 saturated carbocycles. The molecule has 2 fully saturated rings. The maximum atomic E-state index is 4.43. The first-order valence-corrected chi connectivity index (χ1v) is 11.2. The monoisotopic (exact) mass is 513 g/mol. The van der Waals surface area contributed by atoms with Crippen LogP contribution in [0.2, 0.25) is 0 Å². The van der Waals surface area contributed by atoms with Gasteiger partial charge in [0.15, 0.2) is 5.96 Å². The lowest BCUT2D eigenvalue weighted by Gasteiger charge is -2.33. The minimum Gasteiger partial charge on any atom is -0.356 e. The van der Waals surface area contributed by atoms with E-state index in [1.807, 2.05) is 7.05 Å². The van der Waals surface area contributed by atoms with E-state index in [0.717, 1.165) is 38.1 Å². The average molecular weight is 514 g/mol. The Kier molecular flexibility index (Phi) is 11.3. The molecule has 3 rings (SSSR count). The molecule has 2 aliphatic rings. The average Bonchev–Trinajstić information content (AvgIpc) is 2.72. The van der Waals surface area contributed by atoms with Gasteiger partial charge in [0.05, 0.1) is 0 Å². The van der Waals surface area contributed by atoms with Crippen molar-refractivity contribution in [2.75, 3.05) is 46.3 Å². The van der Waals surface area contributed by atoms with Crippen molar-refractivity contribution in [1.29, 1.82) is 0 Å². The summed E-state index contributed by atoms with van der Waals surface area (Å²) < 4.78 is 0. The molecule has 1 aromatic carbocycles. The number of likely N-dealkylation sites (tertiary alicyclic amines) is 2. The maximum Gasteiger partial charge on any atom is 0.191 e. The van der Waals surface area contributed by atoms with Crippen LogP contribution in [0.1, 0.15) is 44.6 Å².